The van der Waals surface area contributed by atoms with Crippen molar-refractivity contribution in [2.24, 2.45) is 0 Å². The molecule has 1 aliphatic heterocycles. The van der Waals surface area contributed by atoms with Crippen LogP contribution < -0.4 is 4.90 Å². The van der Waals surface area contributed by atoms with Gasteiger partial charge in [-0.2, -0.15) is 9.57 Å². The van der Waals surface area contributed by atoms with E-state index in [0.29, 0.717) is 41.7 Å². The molecule has 0 saturated carbocycles. The number of nitriles is 1. The summed E-state index contributed by atoms with van der Waals surface area (Å²) in [6, 6.07) is 13.8. The molecule has 136 valence electrons. The molecule has 0 bridgehead atoms. The maximum Gasteiger partial charge on any atom is 0.243 e. The fourth-order valence-electron chi connectivity index (χ4n) is 2.97. The average molecular weight is 410 g/mol. The van der Waals surface area contributed by atoms with Crippen LogP contribution in [0, 0.1) is 11.3 Å². The number of anilines is 1. The molecule has 0 unspecified atom stereocenters. The third-order valence-electron chi connectivity index (χ3n) is 4.29. The maximum atomic E-state index is 12.9. The zero-order valence-electron chi connectivity index (χ0n) is 13.9. The second-order valence-electron chi connectivity index (χ2n) is 6.01. The molecule has 0 atom stereocenters. The Bertz CT molecular complexity index is 920. The van der Waals surface area contributed by atoms with Crippen LogP contribution in [-0.2, 0) is 10.0 Å². The van der Waals surface area contributed by atoms with Crippen LogP contribution in [0.25, 0.3) is 0 Å². The van der Waals surface area contributed by atoms with E-state index in [9.17, 15) is 8.42 Å². The molecule has 26 heavy (non-hydrogen) atoms. The van der Waals surface area contributed by atoms with Gasteiger partial charge in [0, 0.05) is 41.9 Å². The molecular formula is C18H17Cl2N3O2S. The number of hydrogen-bond donors (Lipinski definition) is 0. The smallest absolute Gasteiger partial charge is 0.243 e. The first kappa shape index (κ1) is 19.0. The van der Waals surface area contributed by atoms with Crippen molar-refractivity contribution in [2.45, 2.75) is 11.3 Å². The molecule has 0 amide bonds. The van der Waals surface area contributed by atoms with Crippen LogP contribution in [0.2, 0.25) is 10.0 Å². The van der Waals surface area contributed by atoms with Crippen molar-refractivity contribution < 1.29 is 8.42 Å². The van der Waals surface area contributed by atoms with Crippen LogP contribution >= 0.6 is 23.2 Å². The van der Waals surface area contributed by atoms with E-state index >= 15 is 0 Å². The fraction of sp³-hybridized carbons (Fsp3) is 0.278. The van der Waals surface area contributed by atoms with Crippen LogP contribution in [-0.4, -0.2) is 38.9 Å². The van der Waals surface area contributed by atoms with E-state index < -0.39 is 10.0 Å². The van der Waals surface area contributed by atoms with Crippen LogP contribution in [0.4, 0.5) is 5.69 Å². The van der Waals surface area contributed by atoms with E-state index in [1.165, 1.54) is 22.5 Å². The molecule has 2 aromatic carbocycles. The number of rotatable bonds is 3. The highest BCUT2D eigenvalue weighted by molar-refractivity contribution is 7.89. The summed E-state index contributed by atoms with van der Waals surface area (Å²) in [6.45, 7) is 2.11. The number of hydrogen-bond acceptors (Lipinski definition) is 4. The highest BCUT2D eigenvalue weighted by Gasteiger charge is 2.27. The zero-order chi connectivity index (χ0) is 18.7. The van der Waals surface area contributed by atoms with Gasteiger partial charge in [-0.05, 0) is 48.9 Å². The minimum Gasteiger partial charge on any atom is -0.370 e. The summed E-state index contributed by atoms with van der Waals surface area (Å²) >= 11 is 11.9. The molecule has 0 aliphatic carbocycles. The van der Waals surface area contributed by atoms with E-state index in [2.05, 4.69) is 11.0 Å². The lowest BCUT2D eigenvalue weighted by Gasteiger charge is -2.23. The highest BCUT2D eigenvalue weighted by atomic mass is 35.5. The standard InChI is InChI=1S/C18H17Cl2N3O2S/c19-15-10-16(20)12-18(11-15)26(24,25)23-7-1-6-22(8-9-23)17-4-2-14(13-21)3-5-17/h2-5,10-12H,1,6-9H2. The summed E-state index contributed by atoms with van der Waals surface area (Å²) in [5.41, 5.74) is 1.58. The van der Waals surface area contributed by atoms with Crippen LogP contribution in [0.1, 0.15) is 12.0 Å². The number of sulfonamides is 1. The Kier molecular flexibility index (Phi) is 5.73. The summed E-state index contributed by atoms with van der Waals surface area (Å²) in [5, 5.41) is 9.49. The molecule has 1 saturated heterocycles. The summed E-state index contributed by atoms with van der Waals surface area (Å²) < 4.78 is 27.3. The van der Waals surface area contributed by atoms with Gasteiger partial charge in [-0.25, -0.2) is 8.42 Å². The zero-order valence-corrected chi connectivity index (χ0v) is 16.2. The van der Waals surface area contributed by atoms with Crippen molar-refractivity contribution in [2.75, 3.05) is 31.1 Å². The Morgan fingerprint density at radius 1 is 0.923 bits per heavy atom. The predicted molar refractivity (Wildman–Crippen MR) is 103 cm³/mol. The molecule has 0 radical (unpaired) electrons. The average Bonchev–Trinajstić information content (AvgIpc) is 2.87. The minimum absolute atomic E-state index is 0.113. The minimum atomic E-state index is -3.65. The molecule has 0 aromatic heterocycles. The second kappa shape index (κ2) is 7.85. The van der Waals surface area contributed by atoms with Gasteiger partial charge in [0.2, 0.25) is 10.0 Å². The molecule has 8 heteroatoms. The Labute approximate surface area is 163 Å². The quantitative estimate of drug-likeness (QED) is 0.773. The summed E-state index contributed by atoms with van der Waals surface area (Å²) in [7, 11) is -3.65. The summed E-state index contributed by atoms with van der Waals surface area (Å²) in [6.07, 6.45) is 0.702. The topological polar surface area (TPSA) is 64.4 Å². The van der Waals surface area contributed by atoms with Gasteiger partial charge >= 0.3 is 0 Å². The van der Waals surface area contributed by atoms with Crippen LogP contribution in [0.3, 0.4) is 0 Å². The van der Waals surface area contributed by atoms with Crippen molar-refractivity contribution in [3.8, 4) is 6.07 Å². The molecule has 1 fully saturated rings. The Balaban J connectivity index is 1.78. The number of benzene rings is 2. The Hall–Kier alpha value is -1.78. The monoisotopic (exact) mass is 409 g/mol. The third kappa shape index (κ3) is 4.13. The van der Waals surface area contributed by atoms with Crippen molar-refractivity contribution in [3.05, 3.63) is 58.1 Å². The van der Waals surface area contributed by atoms with E-state index in [1.807, 2.05) is 12.1 Å². The van der Waals surface area contributed by atoms with Gasteiger partial charge in [-0.1, -0.05) is 23.2 Å². The van der Waals surface area contributed by atoms with Gasteiger partial charge in [-0.15, -0.1) is 0 Å². The van der Waals surface area contributed by atoms with E-state index in [1.54, 1.807) is 12.1 Å². The van der Waals surface area contributed by atoms with Gasteiger partial charge in [0.25, 0.3) is 0 Å². The first-order chi connectivity index (χ1) is 12.4. The molecular weight excluding hydrogens is 393 g/mol. The van der Waals surface area contributed by atoms with Gasteiger partial charge in [0.1, 0.15) is 0 Å². The normalized spacial score (nSPS) is 16.1. The first-order valence-corrected chi connectivity index (χ1v) is 10.3. The second-order valence-corrected chi connectivity index (χ2v) is 8.82. The maximum absolute atomic E-state index is 12.9. The Morgan fingerprint density at radius 3 is 2.19 bits per heavy atom. The lowest BCUT2D eigenvalue weighted by atomic mass is 10.2. The van der Waals surface area contributed by atoms with Gasteiger partial charge in [0.05, 0.1) is 16.5 Å². The summed E-state index contributed by atoms with van der Waals surface area (Å²) in [5.74, 6) is 0. The molecule has 1 heterocycles. The van der Waals surface area contributed by atoms with Crippen LogP contribution in [0.5, 0.6) is 0 Å². The molecule has 2 aromatic rings. The van der Waals surface area contributed by atoms with E-state index in [0.717, 1.165) is 12.2 Å². The summed E-state index contributed by atoms with van der Waals surface area (Å²) in [4.78, 5) is 2.24. The largest absolute Gasteiger partial charge is 0.370 e. The van der Waals surface area contributed by atoms with Gasteiger partial charge in [-0.3, -0.25) is 0 Å². The molecule has 5 nitrogen and oxygen atoms in total. The third-order valence-corrected chi connectivity index (χ3v) is 6.60. The van der Waals surface area contributed by atoms with Gasteiger partial charge in [0.15, 0.2) is 0 Å². The van der Waals surface area contributed by atoms with Crippen molar-refractivity contribution in [3.63, 3.8) is 0 Å². The molecule has 0 spiro atoms. The predicted octanol–water partition coefficient (Wildman–Crippen LogP) is 3.77. The number of nitrogens with zero attached hydrogens (tertiary/aromatic N) is 3. The molecule has 1 aliphatic rings. The first-order valence-electron chi connectivity index (χ1n) is 8.11. The fourth-order valence-corrected chi connectivity index (χ4v) is 5.16. The number of halogens is 2. The van der Waals surface area contributed by atoms with Crippen molar-refractivity contribution in [1.82, 2.24) is 4.31 Å². The van der Waals surface area contributed by atoms with Crippen LogP contribution in [0.15, 0.2) is 47.4 Å². The van der Waals surface area contributed by atoms with Crippen molar-refractivity contribution >= 4 is 38.9 Å². The van der Waals surface area contributed by atoms with Gasteiger partial charge < -0.3 is 4.90 Å². The van der Waals surface area contributed by atoms with E-state index in [4.69, 9.17) is 28.5 Å². The lowest BCUT2D eigenvalue weighted by Crippen LogP contribution is -2.35. The Morgan fingerprint density at radius 2 is 1.58 bits per heavy atom. The van der Waals surface area contributed by atoms with E-state index in [-0.39, 0.29) is 4.90 Å². The van der Waals surface area contributed by atoms with Crippen molar-refractivity contribution in [1.29, 1.82) is 5.26 Å². The molecule has 0 N–H and O–H groups in total. The lowest BCUT2D eigenvalue weighted by molar-refractivity contribution is 0.433. The highest BCUT2D eigenvalue weighted by Crippen LogP contribution is 2.26. The molecule has 3 rings (SSSR count). The SMILES string of the molecule is N#Cc1ccc(N2CCCN(S(=O)(=O)c3cc(Cl)cc(Cl)c3)CC2)cc1.